The number of carbonyl (C=O) groups is 1. The van der Waals surface area contributed by atoms with Gasteiger partial charge in [0.25, 0.3) is 0 Å². The SMILES string of the molecule is CCCN(CCc1ccc(Cl)cc1)C(CCN)C(=O)Nc1ccccc1. The Morgan fingerprint density at radius 2 is 1.81 bits per heavy atom. The summed E-state index contributed by atoms with van der Waals surface area (Å²) in [5, 5.41) is 3.76. The Balaban J connectivity index is 2.05. The predicted molar refractivity (Wildman–Crippen MR) is 110 cm³/mol. The third kappa shape index (κ3) is 6.45. The fourth-order valence-corrected chi connectivity index (χ4v) is 3.14. The molecule has 2 rings (SSSR count). The first kappa shape index (κ1) is 20.4. The first-order chi connectivity index (χ1) is 12.6. The molecule has 1 amide bonds. The van der Waals surface area contributed by atoms with Crippen molar-refractivity contribution in [3.8, 4) is 0 Å². The van der Waals surface area contributed by atoms with Crippen LogP contribution in [0.3, 0.4) is 0 Å². The van der Waals surface area contributed by atoms with Gasteiger partial charge in [-0.05, 0) is 62.2 Å². The van der Waals surface area contributed by atoms with Crippen LogP contribution in [-0.4, -0.2) is 36.5 Å². The molecule has 0 fully saturated rings. The van der Waals surface area contributed by atoms with E-state index in [9.17, 15) is 4.79 Å². The maximum Gasteiger partial charge on any atom is 0.241 e. The molecule has 1 atom stereocenters. The summed E-state index contributed by atoms with van der Waals surface area (Å²) < 4.78 is 0. The largest absolute Gasteiger partial charge is 0.330 e. The maximum absolute atomic E-state index is 12.8. The van der Waals surface area contributed by atoms with Gasteiger partial charge in [-0.2, -0.15) is 0 Å². The lowest BCUT2D eigenvalue weighted by Gasteiger charge is -2.30. The molecule has 0 aliphatic rings. The summed E-state index contributed by atoms with van der Waals surface area (Å²) in [6, 6.07) is 17.2. The lowest BCUT2D eigenvalue weighted by Crippen LogP contribution is -2.46. The van der Waals surface area contributed by atoms with Crippen LogP contribution in [0.1, 0.15) is 25.3 Å². The number of hydrogen-bond donors (Lipinski definition) is 2. The summed E-state index contributed by atoms with van der Waals surface area (Å²) in [6.07, 6.45) is 2.50. The molecule has 1 unspecified atom stereocenters. The van der Waals surface area contributed by atoms with Gasteiger partial charge in [0, 0.05) is 17.3 Å². The smallest absolute Gasteiger partial charge is 0.241 e. The normalized spacial score (nSPS) is 12.2. The Morgan fingerprint density at radius 3 is 2.42 bits per heavy atom. The van der Waals surface area contributed by atoms with E-state index in [1.165, 1.54) is 5.56 Å². The highest BCUT2D eigenvalue weighted by Crippen LogP contribution is 2.14. The maximum atomic E-state index is 12.8. The van der Waals surface area contributed by atoms with Gasteiger partial charge in [-0.1, -0.05) is 48.9 Å². The number of rotatable bonds is 10. The highest BCUT2D eigenvalue weighted by molar-refractivity contribution is 6.30. The van der Waals surface area contributed by atoms with E-state index in [-0.39, 0.29) is 11.9 Å². The molecule has 0 radical (unpaired) electrons. The van der Waals surface area contributed by atoms with Gasteiger partial charge in [-0.25, -0.2) is 0 Å². The quantitative estimate of drug-likeness (QED) is 0.663. The first-order valence-corrected chi connectivity index (χ1v) is 9.56. The molecular formula is C21H28ClN3O. The molecule has 3 N–H and O–H groups in total. The third-order valence-electron chi connectivity index (χ3n) is 4.34. The number of halogens is 1. The van der Waals surface area contributed by atoms with Crippen LogP contribution in [0.4, 0.5) is 5.69 Å². The molecule has 26 heavy (non-hydrogen) atoms. The highest BCUT2D eigenvalue weighted by atomic mass is 35.5. The van der Waals surface area contributed by atoms with Crippen LogP contribution in [0.25, 0.3) is 0 Å². The Kier molecular flexibility index (Phi) is 8.62. The molecule has 0 saturated heterocycles. The number of carbonyl (C=O) groups excluding carboxylic acids is 1. The van der Waals surface area contributed by atoms with Crippen molar-refractivity contribution in [1.29, 1.82) is 0 Å². The van der Waals surface area contributed by atoms with Gasteiger partial charge in [0.2, 0.25) is 5.91 Å². The summed E-state index contributed by atoms with van der Waals surface area (Å²) >= 11 is 5.96. The summed E-state index contributed by atoms with van der Waals surface area (Å²) in [5.74, 6) is 0.00575. The molecule has 5 heteroatoms. The van der Waals surface area contributed by atoms with E-state index in [4.69, 9.17) is 17.3 Å². The number of para-hydroxylation sites is 1. The second-order valence-corrected chi connectivity index (χ2v) is 6.80. The first-order valence-electron chi connectivity index (χ1n) is 9.18. The standard InChI is InChI=1S/C21H28ClN3O/c1-2-15-25(16-13-17-8-10-18(22)11-9-17)20(12-14-23)21(26)24-19-6-4-3-5-7-19/h3-11,20H,2,12-16,23H2,1H3,(H,24,26). The van der Waals surface area contributed by atoms with Crippen molar-refractivity contribution < 1.29 is 4.79 Å². The molecule has 0 aliphatic carbocycles. The molecular weight excluding hydrogens is 346 g/mol. The topological polar surface area (TPSA) is 58.4 Å². The Morgan fingerprint density at radius 1 is 1.12 bits per heavy atom. The number of benzene rings is 2. The number of amides is 1. The minimum atomic E-state index is -0.229. The van der Waals surface area contributed by atoms with E-state index in [2.05, 4.69) is 17.1 Å². The minimum absolute atomic E-state index is 0.00575. The second kappa shape index (κ2) is 11.0. The van der Waals surface area contributed by atoms with E-state index >= 15 is 0 Å². The third-order valence-corrected chi connectivity index (χ3v) is 4.59. The molecule has 2 aromatic rings. The van der Waals surface area contributed by atoms with Crippen molar-refractivity contribution in [3.63, 3.8) is 0 Å². The van der Waals surface area contributed by atoms with E-state index in [0.29, 0.717) is 13.0 Å². The summed E-state index contributed by atoms with van der Waals surface area (Å²) in [6.45, 7) is 4.28. The average Bonchev–Trinajstić information content (AvgIpc) is 2.65. The lowest BCUT2D eigenvalue weighted by molar-refractivity contribution is -0.121. The molecule has 4 nitrogen and oxygen atoms in total. The van der Waals surface area contributed by atoms with Crippen LogP contribution in [0.2, 0.25) is 5.02 Å². The van der Waals surface area contributed by atoms with Crippen molar-refractivity contribution in [1.82, 2.24) is 4.90 Å². The monoisotopic (exact) mass is 373 g/mol. The van der Waals surface area contributed by atoms with Crippen LogP contribution in [0.5, 0.6) is 0 Å². The fraction of sp³-hybridized carbons (Fsp3) is 0.381. The highest BCUT2D eigenvalue weighted by Gasteiger charge is 2.24. The van der Waals surface area contributed by atoms with Crippen LogP contribution < -0.4 is 11.1 Å². The zero-order chi connectivity index (χ0) is 18.8. The van der Waals surface area contributed by atoms with Crippen LogP contribution >= 0.6 is 11.6 Å². The minimum Gasteiger partial charge on any atom is -0.330 e. The Labute approximate surface area is 161 Å². The van der Waals surface area contributed by atoms with E-state index in [1.54, 1.807) is 0 Å². The molecule has 0 aromatic heterocycles. The van der Waals surface area contributed by atoms with Crippen LogP contribution in [0, 0.1) is 0 Å². The van der Waals surface area contributed by atoms with Crippen molar-refractivity contribution >= 4 is 23.2 Å². The molecule has 0 saturated carbocycles. The lowest BCUT2D eigenvalue weighted by atomic mass is 10.1. The van der Waals surface area contributed by atoms with Gasteiger partial charge in [0.15, 0.2) is 0 Å². The van der Waals surface area contributed by atoms with Gasteiger partial charge in [-0.15, -0.1) is 0 Å². The number of anilines is 1. The van der Waals surface area contributed by atoms with Gasteiger partial charge >= 0.3 is 0 Å². The van der Waals surface area contributed by atoms with Crippen molar-refractivity contribution in [3.05, 3.63) is 65.2 Å². The molecule has 0 spiro atoms. The van der Waals surface area contributed by atoms with Gasteiger partial charge in [-0.3, -0.25) is 9.69 Å². The van der Waals surface area contributed by atoms with Gasteiger partial charge in [0.05, 0.1) is 6.04 Å². The molecule has 0 heterocycles. The fourth-order valence-electron chi connectivity index (χ4n) is 3.02. The zero-order valence-electron chi connectivity index (χ0n) is 15.3. The number of nitrogens with two attached hydrogens (primary N) is 1. The molecule has 2 aromatic carbocycles. The number of nitrogens with one attached hydrogen (secondary N) is 1. The zero-order valence-corrected chi connectivity index (χ0v) is 16.1. The predicted octanol–water partition coefficient (Wildman–Crippen LogP) is 3.95. The molecule has 0 bridgehead atoms. The van der Waals surface area contributed by atoms with Crippen molar-refractivity contribution in [2.45, 2.75) is 32.2 Å². The Hall–Kier alpha value is -1.88. The van der Waals surface area contributed by atoms with E-state index < -0.39 is 0 Å². The average molecular weight is 374 g/mol. The van der Waals surface area contributed by atoms with Crippen molar-refractivity contribution in [2.24, 2.45) is 5.73 Å². The van der Waals surface area contributed by atoms with E-state index in [1.807, 2.05) is 54.6 Å². The van der Waals surface area contributed by atoms with Gasteiger partial charge in [0.1, 0.15) is 0 Å². The number of hydrogen-bond acceptors (Lipinski definition) is 3. The Bertz CT molecular complexity index is 661. The van der Waals surface area contributed by atoms with Crippen LogP contribution in [-0.2, 0) is 11.2 Å². The van der Waals surface area contributed by atoms with Gasteiger partial charge < -0.3 is 11.1 Å². The summed E-state index contributed by atoms with van der Waals surface area (Å²) in [7, 11) is 0. The van der Waals surface area contributed by atoms with Crippen LogP contribution in [0.15, 0.2) is 54.6 Å². The molecule has 140 valence electrons. The molecule has 0 aliphatic heterocycles. The van der Waals surface area contributed by atoms with Crippen molar-refractivity contribution in [2.75, 3.05) is 25.0 Å². The second-order valence-electron chi connectivity index (χ2n) is 6.36. The summed E-state index contributed by atoms with van der Waals surface area (Å²) in [4.78, 5) is 15.1. The number of nitrogens with zero attached hydrogens (tertiary/aromatic N) is 1. The summed E-state index contributed by atoms with van der Waals surface area (Å²) in [5.41, 5.74) is 7.82. The van der Waals surface area contributed by atoms with E-state index in [0.717, 1.165) is 36.6 Å².